The van der Waals surface area contributed by atoms with Crippen molar-refractivity contribution in [3.8, 4) is 0 Å². The van der Waals surface area contributed by atoms with Crippen LogP contribution in [-0.4, -0.2) is 60.4 Å². The summed E-state index contributed by atoms with van der Waals surface area (Å²) in [6, 6.07) is 0.0648. The van der Waals surface area contributed by atoms with Crippen molar-refractivity contribution < 1.29 is 9.59 Å². The van der Waals surface area contributed by atoms with E-state index in [2.05, 4.69) is 5.32 Å². The molecule has 2 heterocycles. The quantitative estimate of drug-likeness (QED) is 0.727. The van der Waals surface area contributed by atoms with Crippen molar-refractivity contribution in [3.05, 3.63) is 0 Å². The molecule has 0 aliphatic carbocycles. The van der Waals surface area contributed by atoms with E-state index in [1.165, 1.54) is 0 Å². The van der Waals surface area contributed by atoms with Gasteiger partial charge >= 0.3 is 0 Å². The maximum atomic E-state index is 12.4. The SMILES string of the molecule is CC(=O)N1CCCC1C(=O)N(C)C1CCNC1. The highest BCUT2D eigenvalue weighted by Gasteiger charge is 2.36. The van der Waals surface area contributed by atoms with E-state index in [0.717, 1.165) is 38.9 Å². The number of likely N-dealkylation sites (tertiary alicyclic amines) is 1. The van der Waals surface area contributed by atoms with Crippen LogP contribution in [0.25, 0.3) is 0 Å². The van der Waals surface area contributed by atoms with Crippen LogP contribution in [0.5, 0.6) is 0 Å². The molecule has 17 heavy (non-hydrogen) atoms. The predicted octanol–water partition coefficient (Wildman–Crippen LogP) is -0.182. The second kappa shape index (κ2) is 5.04. The number of carbonyl (C=O) groups excluding carboxylic acids is 2. The van der Waals surface area contributed by atoms with E-state index in [-0.39, 0.29) is 23.9 Å². The largest absolute Gasteiger partial charge is 0.340 e. The highest BCUT2D eigenvalue weighted by atomic mass is 16.2. The van der Waals surface area contributed by atoms with Gasteiger partial charge in [0.15, 0.2) is 0 Å². The van der Waals surface area contributed by atoms with Gasteiger partial charge in [-0.2, -0.15) is 0 Å². The summed E-state index contributed by atoms with van der Waals surface area (Å²) in [5.74, 6) is 0.116. The summed E-state index contributed by atoms with van der Waals surface area (Å²) in [4.78, 5) is 27.3. The first-order valence-corrected chi connectivity index (χ1v) is 6.36. The molecular weight excluding hydrogens is 218 g/mol. The second-order valence-electron chi connectivity index (χ2n) is 4.97. The monoisotopic (exact) mass is 239 g/mol. The van der Waals surface area contributed by atoms with Crippen molar-refractivity contribution in [2.75, 3.05) is 26.7 Å². The zero-order chi connectivity index (χ0) is 12.4. The summed E-state index contributed by atoms with van der Waals surface area (Å²) in [6.45, 7) is 4.11. The Morgan fingerprint density at radius 1 is 1.35 bits per heavy atom. The van der Waals surface area contributed by atoms with Crippen LogP contribution in [0.2, 0.25) is 0 Å². The van der Waals surface area contributed by atoms with E-state index in [4.69, 9.17) is 0 Å². The molecule has 5 nitrogen and oxygen atoms in total. The number of nitrogens with one attached hydrogen (secondary N) is 1. The molecule has 2 saturated heterocycles. The zero-order valence-electron chi connectivity index (χ0n) is 10.6. The Morgan fingerprint density at radius 2 is 2.12 bits per heavy atom. The summed E-state index contributed by atoms with van der Waals surface area (Å²) in [6.07, 6.45) is 2.75. The molecule has 2 atom stereocenters. The molecular formula is C12H21N3O2. The maximum Gasteiger partial charge on any atom is 0.245 e. The summed E-state index contributed by atoms with van der Waals surface area (Å²) in [5.41, 5.74) is 0. The van der Waals surface area contributed by atoms with Crippen molar-refractivity contribution in [2.45, 2.75) is 38.3 Å². The minimum Gasteiger partial charge on any atom is -0.340 e. The molecule has 2 amide bonds. The summed E-state index contributed by atoms with van der Waals surface area (Å²) >= 11 is 0. The molecule has 0 radical (unpaired) electrons. The van der Waals surface area contributed by atoms with Crippen LogP contribution in [-0.2, 0) is 9.59 Å². The van der Waals surface area contributed by atoms with Gasteiger partial charge in [0.2, 0.25) is 11.8 Å². The molecule has 0 bridgehead atoms. The fourth-order valence-corrected chi connectivity index (χ4v) is 2.79. The first kappa shape index (κ1) is 12.4. The average molecular weight is 239 g/mol. The lowest BCUT2D eigenvalue weighted by atomic mass is 10.1. The topological polar surface area (TPSA) is 52.7 Å². The Morgan fingerprint density at radius 3 is 2.71 bits per heavy atom. The normalized spacial score (nSPS) is 28.5. The summed E-state index contributed by atoms with van der Waals surface area (Å²) < 4.78 is 0. The number of amides is 2. The molecule has 1 N–H and O–H groups in total. The molecule has 2 fully saturated rings. The van der Waals surface area contributed by atoms with Crippen LogP contribution in [0, 0.1) is 0 Å². The van der Waals surface area contributed by atoms with Gasteiger partial charge in [0.05, 0.1) is 0 Å². The average Bonchev–Trinajstić information content (AvgIpc) is 2.97. The van der Waals surface area contributed by atoms with Crippen LogP contribution in [0.1, 0.15) is 26.2 Å². The Balaban J connectivity index is 2.00. The van der Waals surface area contributed by atoms with Crippen LogP contribution < -0.4 is 5.32 Å². The Labute approximate surface area is 102 Å². The third-order valence-electron chi connectivity index (χ3n) is 3.87. The Kier molecular flexibility index (Phi) is 3.66. The fourth-order valence-electron chi connectivity index (χ4n) is 2.79. The van der Waals surface area contributed by atoms with Gasteiger partial charge in [0.25, 0.3) is 0 Å². The van der Waals surface area contributed by atoms with E-state index < -0.39 is 0 Å². The standard InChI is InChI=1S/C12H21N3O2/c1-9(16)15-7-3-4-11(15)12(17)14(2)10-5-6-13-8-10/h10-11,13H,3-8H2,1-2H3. The van der Waals surface area contributed by atoms with Crippen molar-refractivity contribution in [2.24, 2.45) is 0 Å². The van der Waals surface area contributed by atoms with Crippen molar-refractivity contribution in [1.29, 1.82) is 0 Å². The Hall–Kier alpha value is -1.10. The molecule has 0 aromatic heterocycles. The van der Waals surface area contributed by atoms with Gasteiger partial charge in [-0.3, -0.25) is 9.59 Å². The lowest BCUT2D eigenvalue weighted by Crippen LogP contribution is -2.49. The number of hydrogen-bond acceptors (Lipinski definition) is 3. The van der Waals surface area contributed by atoms with E-state index in [9.17, 15) is 9.59 Å². The van der Waals surface area contributed by atoms with Gasteiger partial charge in [-0.1, -0.05) is 0 Å². The minimum atomic E-state index is -0.224. The second-order valence-corrected chi connectivity index (χ2v) is 4.97. The van der Waals surface area contributed by atoms with Crippen LogP contribution in [0.3, 0.4) is 0 Å². The zero-order valence-corrected chi connectivity index (χ0v) is 10.6. The van der Waals surface area contributed by atoms with Crippen molar-refractivity contribution in [1.82, 2.24) is 15.1 Å². The molecule has 0 aromatic rings. The number of rotatable bonds is 2. The predicted molar refractivity (Wildman–Crippen MR) is 64.5 cm³/mol. The Bertz CT molecular complexity index is 313. The lowest BCUT2D eigenvalue weighted by Gasteiger charge is -2.30. The minimum absolute atomic E-state index is 0.0128. The molecule has 5 heteroatoms. The molecule has 0 saturated carbocycles. The first-order chi connectivity index (χ1) is 8.11. The van der Waals surface area contributed by atoms with Gasteiger partial charge in [-0.25, -0.2) is 0 Å². The molecule has 2 unspecified atom stereocenters. The van der Waals surface area contributed by atoms with Crippen LogP contribution in [0.15, 0.2) is 0 Å². The van der Waals surface area contributed by atoms with Crippen LogP contribution in [0.4, 0.5) is 0 Å². The van der Waals surface area contributed by atoms with Crippen molar-refractivity contribution >= 4 is 11.8 Å². The molecule has 2 rings (SSSR count). The van der Waals surface area contributed by atoms with E-state index in [1.807, 2.05) is 11.9 Å². The number of hydrogen-bond donors (Lipinski definition) is 1. The summed E-state index contributed by atoms with van der Waals surface area (Å²) in [5, 5.41) is 3.26. The van der Waals surface area contributed by atoms with Gasteiger partial charge in [0.1, 0.15) is 6.04 Å². The molecule has 0 spiro atoms. The number of likely N-dealkylation sites (N-methyl/N-ethyl adjacent to an activating group) is 1. The van der Waals surface area contributed by atoms with E-state index in [0.29, 0.717) is 0 Å². The van der Waals surface area contributed by atoms with Gasteiger partial charge in [-0.05, 0) is 25.8 Å². The molecule has 2 aliphatic rings. The third kappa shape index (κ3) is 2.44. The van der Waals surface area contributed by atoms with Crippen molar-refractivity contribution in [3.63, 3.8) is 0 Å². The highest BCUT2D eigenvalue weighted by molar-refractivity contribution is 5.87. The number of nitrogens with zero attached hydrogens (tertiary/aromatic N) is 2. The van der Waals surface area contributed by atoms with E-state index >= 15 is 0 Å². The molecule has 2 aliphatic heterocycles. The van der Waals surface area contributed by atoms with E-state index in [1.54, 1.807) is 11.8 Å². The molecule has 96 valence electrons. The van der Waals surface area contributed by atoms with Crippen LogP contribution >= 0.6 is 0 Å². The first-order valence-electron chi connectivity index (χ1n) is 6.36. The highest BCUT2D eigenvalue weighted by Crippen LogP contribution is 2.20. The third-order valence-corrected chi connectivity index (χ3v) is 3.87. The summed E-state index contributed by atoms with van der Waals surface area (Å²) in [7, 11) is 1.86. The molecule has 0 aromatic carbocycles. The van der Waals surface area contributed by atoms with Gasteiger partial charge in [-0.15, -0.1) is 0 Å². The fraction of sp³-hybridized carbons (Fsp3) is 0.833. The smallest absolute Gasteiger partial charge is 0.245 e. The maximum absolute atomic E-state index is 12.4. The number of carbonyl (C=O) groups is 2. The van der Waals surface area contributed by atoms with Gasteiger partial charge in [0, 0.05) is 33.1 Å². The lowest BCUT2D eigenvalue weighted by molar-refractivity contribution is -0.143. The van der Waals surface area contributed by atoms with Gasteiger partial charge < -0.3 is 15.1 Å².